The zero-order valence-electron chi connectivity index (χ0n) is 12.9. The molecule has 6 nitrogen and oxygen atoms in total. The maximum Gasteiger partial charge on any atom is 0.410 e. The van der Waals surface area contributed by atoms with Gasteiger partial charge >= 0.3 is 6.09 Å². The quantitative estimate of drug-likeness (QED) is 0.812. The van der Waals surface area contributed by atoms with Crippen LogP contribution in [0.3, 0.4) is 0 Å². The number of aromatic nitrogens is 1. The van der Waals surface area contributed by atoms with Crippen molar-refractivity contribution in [1.29, 1.82) is 0 Å². The summed E-state index contributed by atoms with van der Waals surface area (Å²) >= 11 is 3.26. The zero-order valence-corrected chi connectivity index (χ0v) is 14.5. The summed E-state index contributed by atoms with van der Waals surface area (Å²) in [5, 5.41) is 2.74. The minimum atomic E-state index is -0.577. The first kappa shape index (κ1) is 16.7. The van der Waals surface area contributed by atoms with Crippen molar-refractivity contribution in [1.82, 2.24) is 9.88 Å². The summed E-state index contributed by atoms with van der Waals surface area (Å²) in [6.45, 7) is 5.95. The van der Waals surface area contributed by atoms with Gasteiger partial charge in [-0.15, -0.1) is 0 Å². The smallest absolute Gasteiger partial charge is 0.410 e. The number of carbonyl (C=O) groups excluding carboxylic acids is 2. The van der Waals surface area contributed by atoms with Crippen LogP contribution in [-0.2, 0) is 9.53 Å². The highest BCUT2D eigenvalue weighted by Crippen LogP contribution is 2.22. The van der Waals surface area contributed by atoms with Crippen molar-refractivity contribution >= 4 is 33.7 Å². The highest BCUT2D eigenvalue weighted by atomic mass is 79.9. The predicted molar refractivity (Wildman–Crippen MR) is 86.5 cm³/mol. The van der Waals surface area contributed by atoms with Crippen LogP contribution in [0.25, 0.3) is 0 Å². The van der Waals surface area contributed by atoms with E-state index in [1.165, 1.54) is 4.90 Å². The Morgan fingerprint density at radius 3 is 2.77 bits per heavy atom. The van der Waals surface area contributed by atoms with Gasteiger partial charge in [0.25, 0.3) is 0 Å². The van der Waals surface area contributed by atoms with Crippen LogP contribution in [0.1, 0.15) is 33.6 Å². The number of hydrogen-bond donors (Lipinski definition) is 1. The number of pyridine rings is 1. The fraction of sp³-hybridized carbons (Fsp3) is 0.533. The minimum Gasteiger partial charge on any atom is -0.444 e. The van der Waals surface area contributed by atoms with E-state index in [1.54, 1.807) is 18.2 Å². The van der Waals surface area contributed by atoms with Crippen molar-refractivity contribution in [3.8, 4) is 0 Å². The van der Waals surface area contributed by atoms with Crippen molar-refractivity contribution in [3.63, 3.8) is 0 Å². The van der Waals surface area contributed by atoms with Gasteiger partial charge < -0.3 is 10.1 Å². The SMILES string of the molecule is CC(C)(C)OC(=O)N1CCC[C@H]1C(=O)Nc1cccc(Br)n1. The average molecular weight is 370 g/mol. The second kappa shape index (κ2) is 6.64. The predicted octanol–water partition coefficient (Wildman–Crippen LogP) is 3.18. The fourth-order valence-electron chi connectivity index (χ4n) is 2.27. The Bertz CT molecular complexity index is 571. The van der Waals surface area contributed by atoms with Gasteiger partial charge in [-0.25, -0.2) is 9.78 Å². The van der Waals surface area contributed by atoms with Crippen LogP contribution < -0.4 is 5.32 Å². The summed E-state index contributed by atoms with van der Waals surface area (Å²) < 4.78 is 5.99. The molecule has 1 atom stereocenters. The number of halogens is 1. The van der Waals surface area contributed by atoms with E-state index < -0.39 is 17.7 Å². The molecule has 120 valence electrons. The average Bonchev–Trinajstić information content (AvgIpc) is 2.85. The van der Waals surface area contributed by atoms with E-state index in [9.17, 15) is 9.59 Å². The molecular formula is C15H20BrN3O3. The number of likely N-dealkylation sites (tertiary alicyclic amines) is 1. The molecule has 0 unspecified atom stereocenters. The van der Waals surface area contributed by atoms with E-state index in [1.807, 2.05) is 20.8 Å². The third kappa shape index (κ3) is 4.43. The Morgan fingerprint density at radius 1 is 1.41 bits per heavy atom. The maximum atomic E-state index is 12.4. The van der Waals surface area contributed by atoms with E-state index >= 15 is 0 Å². The van der Waals surface area contributed by atoms with Crippen LogP contribution in [0.4, 0.5) is 10.6 Å². The molecule has 2 heterocycles. The number of carbonyl (C=O) groups is 2. The molecule has 0 bridgehead atoms. The second-order valence-electron chi connectivity index (χ2n) is 6.17. The summed E-state index contributed by atoms with van der Waals surface area (Å²) in [4.78, 5) is 30.2. The lowest BCUT2D eigenvalue weighted by atomic mass is 10.2. The topological polar surface area (TPSA) is 71.5 Å². The van der Waals surface area contributed by atoms with E-state index in [4.69, 9.17) is 4.74 Å². The molecule has 7 heteroatoms. The van der Waals surface area contributed by atoms with Gasteiger partial charge in [0.15, 0.2) is 0 Å². The maximum absolute atomic E-state index is 12.4. The van der Waals surface area contributed by atoms with Crippen molar-refractivity contribution in [2.45, 2.75) is 45.3 Å². The number of nitrogens with zero attached hydrogens (tertiary/aromatic N) is 2. The first-order chi connectivity index (χ1) is 10.3. The van der Waals surface area contributed by atoms with Gasteiger partial charge in [-0.05, 0) is 61.7 Å². The summed E-state index contributed by atoms with van der Waals surface area (Å²) in [6, 6.07) is 4.75. The molecule has 1 aliphatic heterocycles. The summed E-state index contributed by atoms with van der Waals surface area (Å²) in [5.74, 6) is 0.212. The number of rotatable bonds is 2. The molecule has 1 saturated heterocycles. The van der Waals surface area contributed by atoms with Gasteiger partial charge in [0, 0.05) is 6.54 Å². The van der Waals surface area contributed by atoms with Crippen LogP contribution in [-0.4, -0.2) is 40.1 Å². The largest absolute Gasteiger partial charge is 0.444 e. The first-order valence-corrected chi connectivity index (χ1v) is 7.98. The third-order valence-corrected chi connectivity index (χ3v) is 3.59. The van der Waals surface area contributed by atoms with Crippen molar-refractivity contribution in [2.75, 3.05) is 11.9 Å². The normalized spacial score (nSPS) is 18.2. The molecule has 1 N–H and O–H groups in total. The minimum absolute atomic E-state index is 0.242. The van der Waals surface area contributed by atoms with E-state index in [2.05, 4.69) is 26.2 Å². The van der Waals surface area contributed by atoms with Crippen LogP contribution in [0.2, 0.25) is 0 Å². The number of hydrogen-bond acceptors (Lipinski definition) is 4. The molecule has 0 spiro atoms. The monoisotopic (exact) mass is 369 g/mol. The molecule has 0 aliphatic carbocycles. The van der Waals surface area contributed by atoms with Crippen LogP contribution in [0.15, 0.2) is 22.8 Å². The Hall–Kier alpha value is -1.63. The molecule has 2 rings (SSSR count). The molecule has 1 aliphatic rings. The number of nitrogens with one attached hydrogen (secondary N) is 1. The molecule has 0 saturated carbocycles. The summed E-state index contributed by atoms with van der Waals surface area (Å²) in [5.41, 5.74) is -0.577. The Kier molecular flexibility index (Phi) is 5.05. The lowest BCUT2D eigenvalue weighted by Gasteiger charge is -2.27. The van der Waals surface area contributed by atoms with Gasteiger partial charge in [0.05, 0.1) is 0 Å². The van der Waals surface area contributed by atoms with E-state index in [0.29, 0.717) is 23.4 Å². The van der Waals surface area contributed by atoms with Crippen molar-refractivity contribution in [3.05, 3.63) is 22.8 Å². The molecule has 22 heavy (non-hydrogen) atoms. The fourth-order valence-corrected chi connectivity index (χ4v) is 2.61. The van der Waals surface area contributed by atoms with Crippen molar-refractivity contribution < 1.29 is 14.3 Å². The molecule has 1 fully saturated rings. The second-order valence-corrected chi connectivity index (χ2v) is 6.98. The lowest BCUT2D eigenvalue weighted by Crippen LogP contribution is -2.45. The standard InChI is InChI=1S/C15H20BrN3O3/c1-15(2,3)22-14(21)19-9-5-6-10(19)13(20)18-12-8-4-7-11(16)17-12/h4,7-8,10H,5-6,9H2,1-3H3,(H,17,18,20)/t10-/m0/s1. The zero-order chi connectivity index (χ0) is 16.3. The molecular weight excluding hydrogens is 350 g/mol. The first-order valence-electron chi connectivity index (χ1n) is 7.19. The summed E-state index contributed by atoms with van der Waals surface area (Å²) in [6.07, 6.45) is 0.954. The highest BCUT2D eigenvalue weighted by molar-refractivity contribution is 9.10. The molecule has 1 aromatic rings. The molecule has 0 aromatic carbocycles. The van der Waals surface area contributed by atoms with Gasteiger partial charge in [-0.1, -0.05) is 6.07 Å². The van der Waals surface area contributed by atoms with Crippen molar-refractivity contribution in [2.24, 2.45) is 0 Å². The van der Waals surface area contributed by atoms with Crippen LogP contribution >= 0.6 is 15.9 Å². The highest BCUT2D eigenvalue weighted by Gasteiger charge is 2.36. The van der Waals surface area contributed by atoms with Gasteiger partial charge in [-0.3, -0.25) is 9.69 Å². The number of amides is 2. The van der Waals surface area contributed by atoms with Crippen LogP contribution in [0.5, 0.6) is 0 Å². The van der Waals surface area contributed by atoms with E-state index in [0.717, 1.165) is 6.42 Å². The Balaban J connectivity index is 2.03. The van der Waals surface area contributed by atoms with Gasteiger partial charge in [-0.2, -0.15) is 0 Å². The Morgan fingerprint density at radius 2 is 2.14 bits per heavy atom. The molecule has 1 aromatic heterocycles. The number of ether oxygens (including phenoxy) is 1. The van der Waals surface area contributed by atoms with Gasteiger partial charge in [0.1, 0.15) is 22.1 Å². The molecule has 2 amide bonds. The molecule has 0 radical (unpaired) electrons. The van der Waals surface area contributed by atoms with Crippen LogP contribution in [0, 0.1) is 0 Å². The van der Waals surface area contributed by atoms with E-state index in [-0.39, 0.29) is 5.91 Å². The third-order valence-electron chi connectivity index (χ3n) is 3.15. The van der Waals surface area contributed by atoms with Gasteiger partial charge in [0.2, 0.25) is 5.91 Å². The Labute approximate surface area is 138 Å². The number of anilines is 1. The summed E-state index contributed by atoms with van der Waals surface area (Å²) in [7, 11) is 0. The lowest BCUT2D eigenvalue weighted by molar-refractivity contribution is -0.120.